The molecule has 0 bridgehead atoms. The van der Waals surface area contributed by atoms with Gasteiger partial charge in [0.25, 0.3) is 0 Å². The fourth-order valence-electron chi connectivity index (χ4n) is 3.53. The van der Waals surface area contributed by atoms with Crippen molar-refractivity contribution < 1.29 is 9.90 Å². The van der Waals surface area contributed by atoms with E-state index in [-0.39, 0.29) is 11.9 Å². The number of aliphatic hydroxyl groups is 1. The van der Waals surface area contributed by atoms with Crippen LogP contribution in [0.5, 0.6) is 0 Å². The van der Waals surface area contributed by atoms with Crippen molar-refractivity contribution in [1.82, 2.24) is 19.9 Å². The molecule has 1 aromatic heterocycles. The molecule has 2 heterocycles. The first-order valence-electron chi connectivity index (χ1n) is 8.71. The van der Waals surface area contributed by atoms with Crippen molar-refractivity contribution in [3.63, 3.8) is 0 Å². The molecule has 1 aliphatic heterocycles. The summed E-state index contributed by atoms with van der Waals surface area (Å²) in [5.74, 6) is 0.838. The van der Waals surface area contributed by atoms with E-state index in [9.17, 15) is 9.90 Å². The molecule has 2 fully saturated rings. The highest BCUT2D eigenvalue weighted by molar-refractivity contribution is 5.77. The van der Waals surface area contributed by atoms with Crippen LogP contribution in [0.4, 0.5) is 0 Å². The van der Waals surface area contributed by atoms with Crippen molar-refractivity contribution in [2.75, 3.05) is 13.1 Å². The van der Waals surface area contributed by atoms with Crippen molar-refractivity contribution in [3.8, 4) is 0 Å². The van der Waals surface area contributed by atoms with Gasteiger partial charge < -0.3 is 10.0 Å². The Kier molecular flexibility index (Phi) is 4.45. The number of aromatic nitrogens is 3. The predicted octanol–water partition coefficient (Wildman–Crippen LogP) is 2.32. The maximum Gasteiger partial charge on any atom is 0.222 e. The Bertz CT molecular complexity index is 551. The zero-order valence-corrected chi connectivity index (χ0v) is 14.4. The van der Waals surface area contributed by atoms with Gasteiger partial charge in [0.2, 0.25) is 5.91 Å². The van der Waals surface area contributed by atoms with Gasteiger partial charge in [0.1, 0.15) is 5.69 Å². The SMILES string of the molecule is C[C@H](O)c1cn(C2CN(C(=O)CC3CCC(C)(C)CC3)C2)nn1. The topological polar surface area (TPSA) is 71.2 Å². The summed E-state index contributed by atoms with van der Waals surface area (Å²) in [6.07, 6.45) is 6.69. The number of hydrogen-bond acceptors (Lipinski definition) is 4. The molecule has 1 N–H and O–H groups in total. The van der Waals surface area contributed by atoms with Gasteiger partial charge in [0.05, 0.1) is 18.3 Å². The van der Waals surface area contributed by atoms with E-state index in [1.165, 1.54) is 25.7 Å². The lowest BCUT2D eigenvalue weighted by molar-refractivity contribution is -0.138. The molecule has 6 nitrogen and oxygen atoms in total. The quantitative estimate of drug-likeness (QED) is 0.924. The summed E-state index contributed by atoms with van der Waals surface area (Å²) >= 11 is 0. The van der Waals surface area contributed by atoms with Crippen molar-refractivity contribution in [3.05, 3.63) is 11.9 Å². The lowest BCUT2D eigenvalue weighted by Crippen LogP contribution is -2.51. The van der Waals surface area contributed by atoms with Gasteiger partial charge in [-0.1, -0.05) is 19.1 Å². The van der Waals surface area contributed by atoms with Crippen LogP contribution in [0.15, 0.2) is 6.20 Å². The summed E-state index contributed by atoms with van der Waals surface area (Å²) < 4.78 is 1.77. The fourth-order valence-corrected chi connectivity index (χ4v) is 3.53. The maximum absolute atomic E-state index is 12.4. The summed E-state index contributed by atoms with van der Waals surface area (Å²) in [4.78, 5) is 14.3. The molecule has 1 aliphatic carbocycles. The number of amides is 1. The number of aliphatic hydroxyl groups excluding tert-OH is 1. The smallest absolute Gasteiger partial charge is 0.222 e. The van der Waals surface area contributed by atoms with Crippen molar-refractivity contribution in [2.45, 2.75) is 65.0 Å². The second-order valence-electron chi connectivity index (χ2n) is 8.06. The van der Waals surface area contributed by atoms with Crippen molar-refractivity contribution in [1.29, 1.82) is 0 Å². The summed E-state index contributed by atoms with van der Waals surface area (Å²) in [6.45, 7) is 7.74. The highest BCUT2D eigenvalue weighted by atomic mass is 16.3. The van der Waals surface area contributed by atoms with Crippen molar-refractivity contribution in [2.24, 2.45) is 11.3 Å². The average molecular weight is 320 g/mol. The van der Waals surface area contributed by atoms with E-state index in [1.807, 2.05) is 4.90 Å². The molecule has 0 spiro atoms. The fraction of sp³-hybridized carbons (Fsp3) is 0.824. The Morgan fingerprint density at radius 2 is 2.04 bits per heavy atom. The average Bonchev–Trinajstić information content (AvgIpc) is 2.89. The van der Waals surface area contributed by atoms with Crippen LogP contribution in [-0.2, 0) is 4.79 Å². The van der Waals surface area contributed by atoms with Gasteiger partial charge in [0, 0.05) is 19.5 Å². The molecule has 23 heavy (non-hydrogen) atoms. The van der Waals surface area contributed by atoms with E-state index < -0.39 is 6.10 Å². The molecule has 128 valence electrons. The van der Waals surface area contributed by atoms with Crippen LogP contribution in [0.1, 0.15) is 70.7 Å². The van der Waals surface area contributed by atoms with E-state index in [0.717, 1.165) is 0 Å². The molecule has 1 aromatic rings. The molecule has 0 aromatic carbocycles. The molecule has 1 saturated carbocycles. The van der Waals surface area contributed by atoms with Crippen LogP contribution in [0.2, 0.25) is 0 Å². The van der Waals surface area contributed by atoms with Gasteiger partial charge in [0.15, 0.2) is 0 Å². The Morgan fingerprint density at radius 1 is 1.39 bits per heavy atom. The minimum absolute atomic E-state index is 0.198. The summed E-state index contributed by atoms with van der Waals surface area (Å²) in [7, 11) is 0. The van der Waals surface area contributed by atoms with Crippen molar-refractivity contribution >= 4 is 5.91 Å². The molecule has 3 rings (SSSR count). The number of rotatable bonds is 4. The van der Waals surface area contributed by atoms with Crippen LogP contribution in [-0.4, -0.2) is 44.0 Å². The number of carbonyl (C=O) groups is 1. The van der Waals surface area contributed by atoms with E-state index in [1.54, 1.807) is 17.8 Å². The van der Waals surface area contributed by atoms with Crippen LogP contribution < -0.4 is 0 Å². The Morgan fingerprint density at radius 3 is 2.61 bits per heavy atom. The number of nitrogens with zero attached hydrogens (tertiary/aromatic N) is 4. The number of hydrogen-bond donors (Lipinski definition) is 1. The number of carbonyl (C=O) groups excluding carboxylic acids is 1. The minimum Gasteiger partial charge on any atom is -0.387 e. The van der Waals surface area contributed by atoms with Gasteiger partial charge in [-0.2, -0.15) is 0 Å². The van der Waals surface area contributed by atoms with E-state index >= 15 is 0 Å². The molecule has 6 heteroatoms. The lowest BCUT2D eigenvalue weighted by atomic mass is 9.72. The van der Waals surface area contributed by atoms with Gasteiger partial charge in [-0.05, 0) is 43.9 Å². The summed E-state index contributed by atoms with van der Waals surface area (Å²) in [5.41, 5.74) is 1.04. The highest BCUT2D eigenvalue weighted by Crippen LogP contribution is 2.39. The normalized spacial score (nSPS) is 23.6. The first-order chi connectivity index (χ1) is 10.8. The third kappa shape index (κ3) is 3.74. The van der Waals surface area contributed by atoms with Gasteiger partial charge in [-0.25, -0.2) is 4.68 Å². The maximum atomic E-state index is 12.4. The third-order valence-electron chi connectivity index (χ3n) is 5.47. The Hall–Kier alpha value is -1.43. The van der Waals surface area contributed by atoms with Gasteiger partial charge in [-0.15, -0.1) is 5.10 Å². The molecular formula is C17H28N4O2. The third-order valence-corrected chi connectivity index (χ3v) is 5.47. The zero-order chi connectivity index (χ0) is 16.6. The predicted molar refractivity (Wildman–Crippen MR) is 86.6 cm³/mol. The van der Waals surface area contributed by atoms with Crippen LogP contribution in [0, 0.1) is 11.3 Å². The molecular weight excluding hydrogens is 292 g/mol. The van der Waals surface area contributed by atoms with Gasteiger partial charge in [-0.3, -0.25) is 4.79 Å². The van der Waals surface area contributed by atoms with Gasteiger partial charge >= 0.3 is 0 Å². The second-order valence-corrected chi connectivity index (χ2v) is 8.06. The Labute approximate surface area is 137 Å². The number of likely N-dealkylation sites (tertiary alicyclic amines) is 1. The molecule has 1 amide bonds. The molecule has 0 radical (unpaired) electrons. The summed E-state index contributed by atoms with van der Waals surface area (Å²) in [5, 5.41) is 17.5. The summed E-state index contributed by atoms with van der Waals surface area (Å²) in [6, 6.07) is 0.198. The van der Waals surface area contributed by atoms with Crippen LogP contribution in [0.25, 0.3) is 0 Å². The molecule has 2 aliphatic rings. The zero-order valence-electron chi connectivity index (χ0n) is 14.4. The van der Waals surface area contributed by atoms with E-state index in [4.69, 9.17) is 0 Å². The first-order valence-corrected chi connectivity index (χ1v) is 8.71. The van der Waals surface area contributed by atoms with Crippen LogP contribution >= 0.6 is 0 Å². The standard InChI is InChI=1S/C17H28N4O2/c1-12(22)15-11-21(19-18-15)14-9-20(10-14)16(23)8-13-4-6-17(2,3)7-5-13/h11-14,22H,4-10H2,1-3H3/t12-/m0/s1. The largest absolute Gasteiger partial charge is 0.387 e. The minimum atomic E-state index is -0.600. The second kappa shape index (κ2) is 6.23. The molecule has 1 atom stereocenters. The molecule has 1 saturated heterocycles. The van der Waals surface area contributed by atoms with E-state index in [2.05, 4.69) is 24.2 Å². The first kappa shape index (κ1) is 16.4. The Balaban J connectivity index is 1.44. The van der Waals surface area contributed by atoms with Crippen LogP contribution in [0.3, 0.4) is 0 Å². The molecule has 0 unspecified atom stereocenters. The lowest BCUT2D eigenvalue weighted by Gasteiger charge is -2.40. The van der Waals surface area contributed by atoms with E-state index in [0.29, 0.717) is 36.5 Å². The highest BCUT2D eigenvalue weighted by Gasteiger charge is 2.35. The monoisotopic (exact) mass is 320 g/mol.